The molecule has 1 aromatic rings. The average molecular weight is 326 g/mol. The number of halogens is 1. The Balaban J connectivity index is 1.58. The molecule has 1 aliphatic carbocycles. The summed E-state index contributed by atoms with van der Waals surface area (Å²) < 4.78 is 6.05. The topological polar surface area (TPSA) is 21.3 Å². The standard InChI is InChI=1S/C17H24ClNOS/c1-19-15(12-21-16-6-3-2-5-14(16)18)13-7-10-20-17(11-13)8-4-9-17/h2-3,5-6,13,15,19H,4,7-12H2,1H3. The van der Waals surface area contributed by atoms with Crippen LogP contribution in [0.3, 0.4) is 0 Å². The van der Waals surface area contributed by atoms with Crippen molar-refractivity contribution in [1.82, 2.24) is 5.32 Å². The number of ether oxygens (including phenoxy) is 1. The van der Waals surface area contributed by atoms with Gasteiger partial charge in [0.05, 0.1) is 10.6 Å². The van der Waals surface area contributed by atoms with E-state index in [-0.39, 0.29) is 5.60 Å². The lowest BCUT2D eigenvalue weighted by atomic mass is 9.70. The maximum absolute atomic E-state index is 6.25. The zero-order valence-electron chi connectivity index (χ0n) is 12.6. The Morgan fingerprint density at radius 2 is 2.24 bits per heavy atom. The number of hydrogen-bond acceptors (Lipinski definition) is 3. The molecular formula is C17H24ClNOS. The maximum Gasteiger partial charge on any atom is 0.0685 e. The lowest BCUT2D eigenvalue weighted by Crippen LogP contribution is -2.50. The van der Waals surface area contributed by atoms with Crippen LogP contribution in [0.25, 0.3) is 0 Å². The van der Waals surface area contributed by atoms with Crippen LogP contribution < -0.4 is 5.32 Å². The summed E-state index contributed by atoms with van der Waals surface area (Å²) in [7, 11) is 2.08. The van der Waals surface area contributed by atoms with Gasteiger partial charge in [0, 0.05) is 23.3 Å². The van der Waals surface area contributed by atoms with Crippen LogP contribution in [-0.2, 0) is 4.74 Å². The van der Waals surface area contributed by atoms with Gasteiger partial charge in [-0.1, -0.05) is 23.7 Å². The summed E-state index contributed by atoms with van der Waals surface area (Å²) in [5.74, 6) is 1.79. The Labute approximate surface area is 137 Å². The highest BCUT2D eigenvalue weighted by Crippen LogP contribution is 2.45. The molecule has 0 bridgehead atoms. The summed E-state index contributed by atoms with van der Waals surface area (Å²) in [6, 6.07) is 8.65. The zero-order chi connectivity index (χ0) is 14.7. The molecule has 116 valence electrons. The van der Waals surface area contributed by atoms with Crippen LogP contribution in [-0.4, -0.2) is 31.1 Å². The molecule has 1 aliphatic heterocycles. The molecule has 2 nitrogen and oxygen atoms in total. The molecule has 0 amide bonds. The largest absolute Gasteiger partial charge is 0.375 e. The predicted molar refractivity (Wildman–Crippen MR) is 90.3 cm³/mol. The van der Waals surface area contributed by atoms with Crippen LogP contribution >= 0.6 is 23.4 Å². The highest BCUT2D eigenvalue weighted by Gasteiger charge is 2.44. The number of thioether (sulfide) groups is 1. The summed E-state index contributed by atoms with van der Waals surface area (Å²) in [6.45, 7) is 0.930. The number of nitrogens with one attached hydrogen (secondary N) is 1. The summed E-state index contributed by atoms with van der Waals surface area (Å²) >= 11 is 8.12. The van der Waals surface area contributed by atoms with Gasteiger partial charge in [0.15, 0.2) is 0 Å². The van der Waals surface area contributed by atoms with Gasteiger partial charge in [-0.05, 0) is 57.2 Å². The molecule has 2 aliphatic rings. The zero-order valence-corrected chi connectivity index (χ0v) is 14.2. The van der Waals surface area contributed by atoms with E-state index in [1.807, 2.05) is 23.9 Å². The second-order valence-electron chi connectivity index (χ2n) is 6.27. The molecule has 21 heavy (non-hydrogen) atoms. The third kappa shape index (κ3) is 3.58. The molecule has 1 saturated heterocycles. The Kier molecular flexibility index (Phi) is 5.15. The third-order valence-electron chi connectivity index (χ3n) is 4.99. The van der Waals surface area contributed by atoms with E-state index in [0.717, 1.165) is 23.3 Å². The molecule has 4 heteroatoms. The summed E-state index contributed by atoms with van der Waals surface area (Å²) in [4.78, 5) is 1.19. The van der Waals surface area contributed by atoms with Gasteiger partial charge in [-0.15, -0.1) is 11.8 Å². The van der Waals surface area contributed by atoms with Gasteiger partial charge in [0.25, 0.3) is 0 Å². The van der Waals surface area contributed by atoms with Gasteiger partial charge in [-0.25, -0.2) is 0 Å². The first-order chi connectivity index (χ1) is 10.2. The van der Waals surface area contributed by atoms with E-state index >= 15 is 0 Å². The molecule has 3 rings (SSSR count). The van der Waals surface area contributed by atoms with Gasteiger partial charge in [0.1, 0.15) is 0 Å². The van der Waals surface area contributed by atoms with E-state index in [0.29, 0.717) is 6.04 Å². The van der Waals surface area contributed by atoms with Crippen LogP contribution in [0, 0.1) is 5.92 Å². The fourth-order valence-corrected chi connectivity index (χ4v) is 5.00. The van der Waals surface area contributed by atoms with Crippen LogP contribution in [0.5, 0.6) is 0 Å². The quantitative estimate of drug-likeness (QED) is 0.812. The number of rotatable bonds is 5. The Bertz CT molecular complexity index is 478. The van der Waals surface area contributed by atoms with Gasteiger partial charge in [-0.3, -0.25) is 0 Å². The fourth-order valence-electron chi connectivity index (χ4n) is 3.53. The van der Waals surface area contributed by atoms with Crippen molar-refractivity contribution in [3.63, 3.8) is 0 Å². The summed E-state index contributed by atoms with van der Waals surface area (Å²) in [5.41, 5.74) is 0.229. The normalized spacial score (nSPS) is 25.5. The highest BCUT2D eigenvalue weighted by atomic mass is 35.5. The van der Waals surface area contributed by atoms with Crippen molar-refractivity contribution < 1.29 is 4.74 Å². The van der Waals surface area contributed by atoms with E-state index < -0.39 is 0 Å². The van der Waals surface area contributed by atoms with E-state index in [1.165, 1.54) is 37.0 Å². The molecule has 0 aromatic heterocycles. The molecular weight excluding hydrogens is 302 g/mol. The molecule has 1 saturated carbocycles. The SMILES string of the molecule is CNC(CSc1ccccc1Cl)C1CCOC2(CCC2)C1. The van der Waals surface area contributed by atoms with Gasteiger partial charge >= 0.3 is 0 Å². The van der Waals surface area contributed by atoms with Crippen molar-refractivity contribution in [1.29, 1.82) is 0 Å². The van der Waals surface area contributed by atoms with Crippen molar-refractivity contribution in [2.75, 3.05) is 19.4 Å². The van der Waals surface area contributed by atoms with Crippen molar-refractivity contribution in [3.8, 4) is 0 Å². The highest BCUT2D eigenvalue weighted by molar-refractivity contribution is 7.99. The van der Waals surface area contributed by atoms with E-state index in [2.05, 4.69) is 24.5 Å². The molecule has 2 atom stereocenters. The molecule has 1 aromatic carbocycles. The molecule has 0 radical (unpaired) electrons. The Hall–Kier alpha value is -0.220. The Morgan fingerprint density at radius 1 is 1.43 bits per heavy atom. The van der Waals surface area contributed by atoms with Crippen molar-refractivity contribution in [3.05, 3.63) is 29.3 Å². The van der Waals surface area contributed by atoms with E-state index in [9.17, 15) is 0 Å². The van der Waals surface area contributed by atoms with Gasteiger partial charge in [0.2, 0.25) is 0 Å². The summed E-state index contributed by atoms with van der Waals surface area (Å²) in [6.07, 6.45) is 6.26. The molecule has 1 heterocycles. The molecule has 1 N–H and O–H groups in total. The minimum absolute atomic E-state index is 0.229. The molecule has 1 spiro atoms. The monoisotopic (exact) mass is 325 g/mol. The minimum atomic E-state index is 0.229. The first-order valence-corrected chi connectivity index (χ1v) is 9.27. The van der Waals surface area contributed by atoms with Crippen molar-refractivity contribution >= 4 is 23.4 Å². The maximum atomic E-state index is 6.25. The lowest BCUT2D eigenvalue weighted by Gasteiger charge is -2.48. The molecule has 2 fully saturated rings. The van der Waals surface area contributed by atoms with Gasteiger partial charge < -0.3 is 10.1 Å². The summed E-state index contributed by atoms with van der Waals surface area (Å²) in [5, 5.41) is 4.39. The van der Waals surface area contributed by atoms with E-state index in [1.54, 1.807) is 0 Å². The lowest BCUT2D eigenvalue weighted by molar-refractivity contribution is -0.146. The van der Waals surface area contributed by atoms with Gasteiger partial charge in [-0.2, -0.15) is 0 Å². The van der Waals surface area contributed by atoms with E-state index in [4.69, 9.17) is 16.3 Å². The Morgan fingerprint density at radius 3 is 2.90 bits per heavy atom. The average Bonchev–Trinajstić information content (AvgIpc) is 2.48. The fraction of sp³-hybridized carbons (Fsp3) is 0.647. The van der Waals surface area contributed by atoms with Crippen molar-refractivity contribution in [2.24, 2.45) is 5.92 Å². The predicted octanol–water partition coefficient (Wildman–Crippen LogP) is 4.37. The van der Waals surface area contributed by atoms with Crippen LogP contribution in [0.2, 0.25) is 5.02 Å². The smallest absolute Gasteiger partial charge is 0.0685 e. The second kappa shape index (κ2) is 6.91. The minimum Gasteiger partial charge on any atom is -0.375 e. The van der Waals surface area contributed by atoms with Crippen LogP contribution in [0.1, 0.15) is 32.1 Å². The van der Waals surface area contributed by atoms with Crippen molar-refractivity contribution in [2.45, 2.75) is 48.6 Å². The first kappa shape index (κ1) is 15.7. The number of benzene rings is 1. The third-order valence-corrected chi connectivity index (χ3v) is 6.63. The first-order valence-electron chi connectivity index (χ1n) is 7.91. The van der Waals surface area contributed by atoms with Crippen LogP contribution in [0.15, 0.2) is 29.2 Å². The second-order valence-corrected chi connectivity index (χ2v) is 7.74. The van der Waals surface area contributed by atoms with Crippen LogP contribution in [0.4, 0.5) is 0 Å². The number of hydrogen-bond donors (Lipinski definition) is 1. The molecule has 2 unspecified atom stereocenters.